The van der Waals surface area contributed by atoms with Crippen molar-refractivity contribution < 1.29 is 38.0 Å². The highest BCUT2D eigenvalue weighted by molar-refractivity contribution is 5.76. The molecule has 99 heavy (non-hydrogen) atoms. The van der Waals surface area contributed by atoms with Crippen molar-refractivity contribution in [1.82, 2.24) is 0 Å². The lowest BCUT2D eigenvalue weighted by Crippen LogP contribution is -2.69. The highest BCUT2D eigenvalue weighted by Crippen LogP contribution is 2.78. The first-order chi connectivity index (χ1) is 46.2. The van der Waals surface area contributed by atoms with E-state index in [2.05, 4.69) is 203 Å². The van der Waals surface area contributed by atoms with E-state index >= 15 is 0 Å². The SMILES string of the molecule is CC(C)[C@@H](C)[C@@]1(C)CC[C@]2(C)[C@H]3CC[C@@H]4[C@@]5(COC[C@]4(C)[C@@H](OC[C@H](C)C(C)(C)C)[C@H](C)C5)C3=CC[C@@]2(C)[C@@H]1C(=O)OCc1ccccc1.CC[C@@H](CO[C@H]1[C@H](C)C[C@@]23COC[C@@]1(C)[C@@H]2CC[C@H]1C3=CC[C@@]2(C)[C@H](C(=O)OCc3ccccc3)[C@@](C)([C@H](C)C(C)C)CC[C@]12C)C(C)(C)C. The standard InChI is InChI=1S/C46H72O4.C45H70O4/c1-13-34(41(6,7)8)27-49-39-31(4)25-46-29-48-28-43(39,10)37(46)20-19-35-36(46)21-22-45(12)38(40(47)50-26-33-17-15-14-16-18-33)42(9,32(5)30(2)3)23-24-44(35,45)11;1-29(2)32(5)41(9)22-23-43(11)34-18-19-36-42(10)27-47-28-45(36,24-30(3)38(42)48-25-31(4)40(6,7)8)35(34)20-21-44(43,12)37(41)39(46)49-26-33-16-14-13-15-17-33/h14-18,21,30-32,34-35,37-39H,13,19-20,22-29H2,1-12H3;13-17,20,29-32,34,36-38H,18-19,21-28H2,1-12H3/t31-,32-,34+,35+,37+,38-,39+,42-,43+,44-,45+,46+;30-,31+,32-,34+,36+,37-,38+,41-,42+,43-,44+,45+/m11/s1. The fourth-order valence-electron chi connectivity index (χ4n) is 26.0. The van der Waals surface area contributed by atoms with Gasteiger partial charge in [0.1, 0.15) is 13.2 Å². The van der Waals surface area contributed by atoms with Crippen LogP contribution in [0.4, 0.5) is 0 Å². The van der Waals surface area contributed by atoms with Crippen LogP contribution in [0.3, 0.4) is 0 Å². The molecule has 10 aliphatic rings. The molecule has 0 amide bonds. The summed E-state index contributed by atoms with van der Waals surface area (Å²) in [6.45, 7) is 63.4. The fraction of sp³-hybridized carbons (Fsp3) is 0.802. The highest BCUT2D eigenvalue weighted by atomic mass is 16.5. The van der Waals surface area contributed by atoms with Gasteiger partial charge in [-0.25, -0.2) is 0 Å². The molecule has 554 valence electrons. The molecule has 2 aromatic rings. The molecule has 24 atom stereocenters. The van der Waals surface area contributed by atoms with Crippen LogP contribution in [-0.4, -0.2) is 63.8 Å². The van der Waals surface area contributed by atoms with Crippen LogP contribution in [0.2, 0.25) is 0 Å². The normalized spacial score (nSPS) is 42.7. The van der Waals surface area contributed by atoms with Crippen molar-refractivity contribution in [3.8, 4) is 0 Å². The summed E-state index contributed by atoms with van der Waals surface area (Å²) < 4.78 is 40.2. The number of fused-ring (bicyclic) bond motifs is 6. The van der Waals surface area contributed by atoms with Crippen molar-refractivity contribution >= 4 is 11.9 Å². The van der Waals surface area contributed by atoms with Crippen molar-refractivity contribution in [2.45, 2.75) is 275 Å². The van der Waals surface area contributed by atoms with Gasteiger partial charge in [0.2, 0.25) is 0 Å². The molecule has 8 fully saturated rings. The lowest BCUT2D eigenvalue weighted by Gasteiger charge is -2.71. The van der Waals surface area contributed by atoms with Gasteiger partial charge in [0.05, 0.1) is 63.7 Å². The molecule has 2 heterocycles. The van der Waals surface area contributed by atoms with Crippen LogP contribution in [0.25, 0.3) is 0 Å². The molecular weight excluding hydrogens is 1220 g/mol. The first-order valence-corrected chi connectivity index (χ1v) is 40.4. The van der Waals surface area contributed by atoms with Gasteiger partial charge < -0.3 is 28.4 Å². The molecule has 8 heteroatoms. The quantitative estimate of drug-likeness (QED) is 0.114. The molecule has 2 aliphatic heterocycles. The van der Waals surface area contributed by atoms with Crippen LogP contribution in [0.15, 0.2) is 84.0 Å². The first-order valence-electron chi connectivity index (χ1n) is 40.4. The second-order valence-corrected chi connectivity index (χ2v) is 40.8. The van der Waals surface area contributed by atoms with E-state index in [1.165, 1.54) is 25.7 Å². The summed E-state index contributed by atoms with van der Waals surface area (Å²) >= 11 is 0. The van der Waals surface area contributed by atoms with Crippen molar-refractivity contribution in [3.63, 3.8) is 0 Å². The second kappa shape index (κ2) is 27.6. The Balaban J connectivity index is 0.000000200. The van der Waals surface area contributed by atoms with Gasteiger partial charge in [-0.15, -0.1) is 0 Å². The molecule has 0 N–H and O–H groups in total. The summed E-state index contributed by atoms with van der Waals surface area (Å²) in [5.74, 6) is 5.56. The average molecular weight is 1360 g/mol. The van der Waals surface area contributed by atoms with Crippen LogP contribution in [0.1, 0.15) is 261 Å². The largest absolute Gasteiger partial charge is 0.461 e. The lowest BCUT2D eigenvalue weighted by atomic mass is 9.34. The number of esters is 2. The smallest absolute Gasteiger partial charge is 0.310 e. The molecule has 2 saturated heterocycles. The predicted molar refractivity (Wildman–Crippen MR) is 404 cm³/mol. The average Bonchev–Trinajstić information content (AvgIpc) is 0.675. The summed E-state index contributed by atoms with van der Waals surface area (Å²) in [4.78, 5) is 29.4. The van der Waals surface area contributed by atoms with Gasteiger partial charge >= 0.3 is 11.9 Å². The predicted octanol–water partition coefficient (Wildman–Crippen LogP) is 22.3. The zero-order valence-corrected chi connectivity index (χ0v) is 67.3. The second-order valence-electron chi connectivity index (χ2n) is 40.8. The summed E-state index contributed by atoms with van der Waals surface area (Å²) in [6, 6.07) is 20.4. The Morgan fingerprint density at radius 3 is 1.24 bits per heavy atom. The maximum atomic E-state index is 14.7. The summed E-state index contributed by atoms with van der Waals surface area (Å²) in [6.07, 6.45) is 20.3. The Kier molecular flexibility index (Phi) is 21.4. The number of hydrogen-bond donors (Lipinski definition) is 0. The summed E-state index contributed by atoms with van der Waals surface area (Å²) in [5, 5.41) is 0. The number of benzene rings is 2. The number of hydrogen-bond acceptors (Lipinski definition) is 8. The molecule has 2 aromatic carbocycles. The third-order valence-corrected chi connectivity index (χ3v) is 33.4. The van der Waals surface area contributed by atoms with Gasteiger partial charge in [-0.05, 0) is 203 Å². The van der Waals surface area contributed by atoms with Gasteiger partial charge in [0.25, 0.3) is 0 Å². The van der Waals surface area contributed by atoms with E-state index < -0.39 is 0 Å². The van der Waals surface area contributed by atoms with Crippen molar-refractivity contribution in [2.24, 2.45) is 148 Å². The number of ether oxygens (including phenoxy) is 6. The molecular formula is C91H142O8. The van der Waals surface area contributed by atoms with Crippen molar-refractivity contribution in [3.05, 3.63) is 95.1 Å². The Morgan fingerprint density at radius 1 is 0.505 bits per heavy atom. The molecule has 0 radical (unpaired) electrons. The van der Waals surface area contributed by atoms with E-state index in [0.29, 0.717) is 84.2 Å². The van der Waals surface area contributed by atoms with E-state index in [0.717, 1.165) is 109 Å². The number of carbonyl (C=O) groups excluding carboxylic acids is 2. The minimum absolute atomic E-state index is 0.00116. The maximum absolute atomic E-state index is 14.7. The van der Waals surface area contributed by atoms with Crippen LogP contribution < -0.4 is 0 Å². The third kappa shape index (κ3) is 12.5. The number of allylic oxidation sites excluding steroid dienone is 2. The molecule has 0 unspecified atom stereocenters. The van der Waals surface area contributed by atoms with E-state index in [9.17, 15) is 9.59 Å². The Bertz CT molecular complexity index is 3230. The van der Waals surface area contributed by atoms with Gasteiger partial charge in [-0.3, -0.25) is 9.59 Å². The first kappa shape index (κ1) is 76.8. The minimum atomic E-state index is -0.193. The fourth-order valence-corrected chi connectivity index (χ4v) is 26.0. The number of rotatable bonds is 17. The Morgan fingerprint density at radius 2 is 0.889 bits per heavy atom. The summed E-state index contributed by atoms with van der Waals surface area (Å²) in [5.41, 5.74) is 5.45. The minimum Gasteiger partial charge on any atom is -0.461 e. The molecule has 4 bridgehead atoms. The van der Waals surface area contributed by atoms with Crippen LogP contribution >= 0.6 is 0 Å². The van der Waals surface area contributed by atoms with Gasteiger partial charge in [-0.1, -0.05) is 257 Å². The number of carbonyl (C=O) groups is 2. The van der Waals surface area contributed by atoms with E-state index in [4.69, 9.17) is 28.4 Å². The van der Waals surface area contributed by atoms with E-state index in [1.54, 1.807) is 11.1 Å². The molecule has 0 spiro atoms. The Hall–Kier alpha value is -3.30. The molecule has 8 nitrogen and oxygen atoms in total. The molecule has 12 rings (SSSR count). The van der Waals surface area contributed by atoms with Crippen LogP contribution in [0, 0.1) is 148 Å². The topological polar surface area (TPSA) is 89.5 Å². The lowest BCUT2D eigenvalue weighted by molar-refractivity contribution is -0.253. The van der Waals surface area contributed by atoms with Crippen LogP contribution in [0.5, 0.6) is 0 Å². The van der Waals surface area contributed by atoms with Gasteiger partial charge in [0.15, 0.2) is 0 Å². The zero-order chi connectivity index (χ0) is 72.3. The maximum Gasteiger partial charge on any atom is 0.310 e. The van der Waals surface area contributed by atoms with Crippen LogP contribution in [-0.2, 0) is 51.2 Å². The Labute approximate surface area is 604 Å². The van der Waals surface area contributed by atoms with Crippen molar-refractivity contribution in [2.75, 3.05) is 39.6 Å². The van der Waals surface area contributed by atoms with Gasteiger partial charge in [0, 0.05) is 21.7 Å². The monoisotopic (exact) mass is 1360 g/mol. The summed E-state index contributed by atoms with van der Waals surface area (Å²) in [7, 11) is 0. The van der Waals surface area contributed by atoms with E-state index in [1.807, 2.05) is 36.4 Å². The molecule has 6 saturated carbocycles. The molecule has 8 aliphatic carbocycles. The van der Waals surface area contributed by atoms with E-state index in [-0.39, 0.29) is 101 Å². The van der Waals surface area contributed by atoms with Gasteiger partial charge in [-0.2, -0.15) is 0 Å². The zero-order valence-electron chi connectivity index (χ0n) is 67.3. The van der Waals surface area contributed by atoms with Crippen molar-refractivity contribution in [1.29, 1.82) is 0 Å². The molecule has 0 aromatic heterocycles. The highest BCUT2D eigenvalue weighted by Gasteiger charge is 2.74. The third-order valence-electron chi connectivity index (χ3n) is 33.4.